The summed E-state index contributed by atoms with van der Waals surface area (Å²) < 4.78 is 24.1. The van der Waals surface area contributed by atoms with E-state index in [1.165, 1.54) is 11.0 Å². The second kappa shape index (κ2) is 7.83. The highest BCUT2D eigenvalue weighted by atomic mass is 19.1. The molecule has 8 nitrogen and oxygen atoms in total. The predicted molar refractivity (Wildman–Crippen MR) is 91.3 cm³/mol. The fraction of sp³-hybridized carbons (Fsp3) is 0.444. The minimum atomic E-state index is -1.09. The zero-order valence-electron chi connectivity index (χ0n) is 15.0. The first-order chi connectivity index (χ1) is 12.8. The molecule has 2 atom stereocenters. The highest BCUT2D eigenvalue weighted by Crippen LogP contribution is 2.20. The molecule has 2 aromatic rings. The lowest BCUT2D eigenvalue weighted by Gasteiger charge is -2.34. The number of benzene rings is 1. The Hall–Kier alpha value is -2.81. The summed E-state index contributed by atoms with van der Waals surface area (Å²) in [5.41, 5.74) is 1.01. The van der Waals surface area contributed by atoms with Crippen molar-refractivity contribution >= 4 is 11.9 Å². The fourth-order valence-electron chi connectivity index (χ4n) is 2.87. The first-order valence-corrected chi connectivity index (χ1v) is 8.58. The maximum Gasteiger partial charge on any atom is 0.334 e. The van der Waals surface area contributed by atoms with Gasteiger partial charge in [-0.25, -0.2) is 9.18 Å². The number of morpholine rings is 1. The van der Waals surface area contributed by atoms with Gasteiger partial charge in [0.25, 0.3) is 0 Å². The Morgan fingerprint density at radius 1 is 1.37 bits per heavy atom. The Labute approximate surface area is 154 Å². The molecule has 0 radical (unpaired) electrons. The maximum atomic E-state index is 13.7. The minimum absolute atomic E-state index is 0.0102. The van der Waals surface area contributed by atoms with Crippen molar-refractivity contribution in [2.45, 2.75) is 38.9 Å². The molecule has 27 heavy (non-hydrogen) atoms. The highest BCUT2D eigenvalue weighted by Gasteiger charge is 2.32. The van der Waals surface area contributed by atoms with Gasteiger partial charge in [0.1, 0.15) is 5.82 Å². The molecule has 0 saturated carbocycles. The predicted octanol–water partition coefficient (Wildman–Crippen LogP) is 1.82. The average molecular weight is 377 g/mol. The number of aromatic nitrogens is 2. The van der Waals surface area contributed by atoms with Crippen LogP contribution in [0.1, 0.15) is 24.8 Å². The van der Waals surface area contributed by atoms with Crippen LogP contribution in [-0.2, 0) is 20.7 Å². The van der Waals surface area contributed by atoms with Crippen LogP contribution in [0.2, 0.25) is 0 Å². The Balaban J connectivity index is 1.60. The van der Waals surface area contributed by atoms with Crippen molar-refractivity contribution in [3.63, 3.8) is 0 Å². The molecule has 0 aliphatic carbocycles. The molecule has 1 fully saturated rings. The molecule has 3 rings (SSSR count). The SMILES string of the molecule is Cc1ccc(-c2noc(CCC(=O)N3CC(C(=O)O)O[C@H](C)C3)n2)cc1F. The first-order valence-electron chi connectivity index (χ1n) is 8.58. The van der Waals surface area contributed by atoms with Crippen LogP contribution in [0.4, 0.5) is 4.39 Å². The molecular formula is C18H20FN3O5. The number of carboxylic acid groups (broad SMARTS) is 1. The normalized spacial score (nSPS) is 19.9. The average Bonchev–Trinajstić information content (AvgIpc) is 3.10. The van der Waals surface area contributed by atoms with E-state index in [1.54, 1.807) is 26.0 Å². The van der Waals surface area contributed by atoms with Gasteiger partial charge < -0.3 is 19.3 Å². The minimum Gasteiger partial charge on any atom is -0.479 e. The molecule has 1 aromatic heterocycles. The van der Waals surface area contributed by atoms with Crippen LogP contribution in [0, 0.1) is 12.7 Å². The number of halogens is 1. The van der Waals surface area contributed by atoms with Crippen LogP contribution in [0.3, 0.4) is 0 Å². The summed E-state index contributed by atoms with van der Waals surface area (Å²) in [6.45, 7) is 3.73. The largest absolute Gasteiger partial charge is 0.479 e. The van der Waals surface area contributed by atoms with Gasteiger partial charge in [0.2, 0.25) is 17.6 Å². The zero-order chi connectivity index (χ0) is 19.6. The van der Waals surface area contributed by atoms with Crippen LogP contribution >= 0.6 is 0 Å². The van der Waals surface area contributed by atoms with E-state index in [9.17, 15) is 14.0 Å². The van der Waals surface area contributed by atoms with E-state index in [2.05, 4.69) is 10.1 Å². The molecular weight excluding hydrogens is 357 g/mol. The van der Waals surface area contributed by atoms with Crippen molar-refractivity contribution in [1.82, 2.24) is 15.0 Å². The monoisotopic (exact) mass is 377 g/mol. The van der Waals surface area contributed by atoms with E-state index in [1.807, 2.05) is 0 Å². The van der Waals surface area contributed by atoms with E-state index in [0.717, 1.165) is 0 Å². The molecule has 1 aromatic carbocycles. The first kappa shape index (κ1) is 19.0. The molecule has 1 aliphatic heterocycles. The zero-order valence-corrected chi connectivity index (χ0v) is 15.0. The van der Waals surface area contributed by atoms with Crippen molar-refractivity contribution in [2.75, 3.05) is 13.1 Å². The number of carbonyl (C=O) groups is 2. The van der Waals surface area contributed by atoms with Gasteiger partial charge in [0.15, 0.2) is 6.10 Å². The van der Waals surface area contributed by atoms with Crippen LogP contribution in [0.15, 0.2) is 22.7 Å². The van der Waals surface area contributed by atoms with Gasteiger partial charge in [-0.1, -0.05) is 17.3 Å². The van der Waals surface area contributed by atoms with Gasteiger partial charge in [-0.15, -0.1) is 0 Å². The molecule has 1 unspecified atom stereocenters. The molecule has 9 heteroatoms. The third-order valence-corrected chi connectivity index (χ3v) is 4.34. The number of nitrogens with zero attached hydrogens (tertiary/aromatic N) is 3. The maximum absolute atomic E-state index is 13.7. The second-order valence-corrected chi connectivity index (χ2v) is 6.55. The van der Waals surface area contributed by atoms with Crippen LogP contribution in [-0.4, -0.2) is 57.3 Å². The summed E-state index contributed by atoms with van der Waals surface area (Å²) in [6, 6.07) is 4.65. The van der Waals surface area contributed by atoms with E-state index < -0.39 is 12.1 Å². The van der Waals surface area contributed by atoms with E-state index >= 15 is 0 Å². The van der Waals surface area contributed by atoms with E-state index in [0.29, 0.717) is 17.7 Å². The summed E-state index contributed by atoms with van der Waals surface area (Å²) in [6.07, 6.45) is -1.06. The van der Waals surface area contributed by atoms with Crippen molar-refractivity contribution in [2.24, 2.45) is 0 Å². The number of hydrogen-bond acceptors (Lipinski definition) is 6. The van der Waals surface area contributed by atoms with Gasteiger partial charge in [-0.05, 0) is 25.5 Å². The molecule has 144 valence electrons. The van der Waals surface area contributed by atoms with E-state index in [-0.39, 0.29) is 48.9 Å². The Morgan fingerprint density at radius 2 is 2.15 bits per heavy atom. The molecule has 1 saturated heterocycles. The number of amides is 1. The number of aryl methyl sites for hydroxylation is 2. The number of rotatable bonds is 5. The number of carboxylic acids is 1. The van der Waals surface area contributed by atoms with Gasteiger partial charge in [-0.2, -0.15) is 4.98 Å². The van der Waals surface area contributed by atoms with Crippen LogP contribution < -0.4 is 0 Å². The highest BCUT2D eigenvalue weighted by molar-refractivity contribution is 5.78. The Bertz CT molecular complexity index is 853. The summed E-state index contributed by atoms with van der Waals surface area (Å²) in [4.78, 5) is 29.2. The Morgan fingerprint density at radius 3 is 2.85 bits per heavy atom. The van der Waals surface area contributed by atoms with Crippen LogP contribution in [0.25, 0.3) is 11.4 Å². The van der Waals surface area contributed by atoms with Crippen molar-refractivity contribution in [1.29, 1.82) is 0 Å². The van der Waals surface area contributed by atoms with Gasteiger partial charge in [-0.3, -0.25) is 4.79 Å². The lowest BCUT2D eigenvalue weighted by Crippen LogP contribution is -2.51. The van der Waals surface area contributed by atoms with Crippen LogP contribution in [0.5, 0.6) is 0 Å². The molecule has 0 bridgehead atoms. The second-order valence-electron chi connectivity index (χ2n) is 6.55. The number of hydrogen-bond donors (Lipinski definition) is 1. The third kappa shape index (κ3) is 4.48. The van der Waals surface area contributed by atoms with Gasteiger partial charge in [0, 0.05) is 24.9 Å². The third-order valence-electron chi connectivity index (χ3n) is 4.34. The number of aliphatic carboxylic acids is 1. The molecule has 2 heterocycles. The smallest absolute Gasteiger partial charge is 0.334 e. The topological polar surface area (TPSA) is 106 Å². The van der Waals surface area contributed by atoms with Gasteiger partial charge >= 0.3 is 5.97 Å². The number of carbonyl (C=O) groups excluding carboxylic acids is 1. The van der Waals surface area contributed by atoms with Crippen molar-refractivity contribution in [3.05, 3.63) is 35.5 Å². The Kier molecular flexibility index (Phi) is 5.50. The standard InChI is InChI=1S/C18H20FN3O5/c1-10-3-4-12(7-13(10)19)17-20-15(27-21-17)5-6-16(23)22-8-11(2)26-14(9-22)18(24)25/h3-4,7,11,14H,5-6,8-9H2,1-2H3,(H,24,25)/t11-,14?/m1/s1. The summed E-state index contributed by atoms with van der Waals surface area (Å²) in [7, 11) is 0. The van der Waals surface area contributed by atoms with Gasteiger partial charge in [0.05, 0.1) is 12.6 Å². The molecule has 0 spiro atoms. The van der Waals surface area contributed by atoms with Crippen molar-refractivity contribution < 1.29 is 28.3 Å². The number of ether oxygens (including phenoxy) is 1. The summed E-state index contributed by atoms with van der Waals surface area (Å²) in [5, 5.41) is 12.9. The van der Waals surface area contributed by atoms with Crippen molar-refractivity contribution in [3.8, 4) is 11.4 Å². The summed E-state index contributed by atoms with van der Waals surface area (Å²) >= 11 is 0. The fourth-order valence-corrected chi connectivity index (χ4v) is 2.87. The molecule has 1 aliphatic rings. The molecule has 1 N–H and O–H groups in total. The lowest BCUT2D eigenvalue weighted by atomic mass is 10.1. The lowest BCUT2D eigenvalue weighted by molar-refractivity contribution is -0.166. The quantitative estimate of drug-likeness (QED) is 0.847. The molecule has 1 amide bonds. The van der Waals surface area contributed by atoms with E-state index in [4.69, 9.17) is 14.4 Å². The summed E-state index contributed by atoms with van der Waals surface area (Å²) in [5.74, 6) is -1.15.